The average Bonchev–Trinajstić information content (AvgIpc) is 2.38. The lowest BCUT2D eigenvalue weighted by Crippen LogP contribution is -2.03. The molecule has 0 atom stereocenters. The van der Waals surface area contributed by atoms with Crippen molar-refractivity contribution in [1.82, 2.24) is 0 Å². The van der Waals surface area contributed by atoms with Crippen molar-refractivity contribution in [3.63, 3.8) is 0 Å². The van der Waals surface area contributed by atoms with E-state index in [0.717, 1.165) is 0 Å². The van der Waals surface area contributed by atoms with Gasteiger partial charge in [-0.25, -0.2) is 0 Å². The molecule has 0 radical (unpaired) electrons. The second kappa shape index (κ2) is 16.3. The molecular formula is C16H33I3Si. The predicted octanol–water partition coefficient (Wildman–Crippen LogP) is 8.71. The first-order valence-electron chi connectivity index (χ1n) is 8.63. The third kappa shape index (κ3) is 20.4. The number of rotatable bonds is 15. The Hall–Kier alpha value is 2.41. The fourth-order valence-electron chi connectivity index (χ4n) is 2.52. The van der Waals surface area contributed by atoms with Gasteiger partial charge in [0.1, 0.15) is 0 Å². The second-order valence-electron chi connectivity index (χ2n) is 5.96. The maximum absolute atomic E-state index is 2.69. The molecule has 20 heavy (non-hydrogen) atoms. The van der Waals surface area contributed by atoms with Gasteiger partial charge in [-0.15, -0.1) is 0 Å². The quantitative estimate of drug-likeness (QED) is 0.0732. The van der Waals surface area contributed by atoms with Gasteiger partial charge < -0.3 is 0 Å². The summed E-state index contributed by atoms with van der Waals surface area (Å²) in [6.45, 7) is 2.30. The Morgan fingerprint density at radius 3 is 1.10 bits per heavy atom. The molecule has 0 rings (SSSR count). The monoisotopic (exact) mass is 634 g/mol. The molecule has 0 aliphatic rings. The van der Waals surface area contributed by atoms with Crippen LogP contribution in [0.25, 0.3) is 0 Å². The van der Waals surface area contributed by atoms with E-state index in [9.17, 15) is 0 Å². The highest BCUT2D eigenvalue weighted by molar-refractivity contribution is 14.4. The highest BCUT2D eigenvalue weighted by atomic mass is 127. The van der Waals surface area contributed by atoms with Crippen molar-refractivity contribution in [3.05, 3.63) is 0 Å². The van der Waals surface area contributed by atoms with Gasteiger partial charge in [0.2, 0.25) is 0 Å². The lowest BCUT2D eigenvalue weighted by Gasteiger charge is -2.08. The highest BCUT2D eigenvalue weighted by Crippen LogP contribution is 2.35. The van der Waals surface area contributed by atoms with E-state index in [4.69, 9.17) is 0 Å². The molecule has 0 nitrogen and oxygen atoms in total. The summed E-state index contributed by atoms with van der Waals surface area (Å²) in [7, 11) is 0. The number of halogens is 3. The van der Waals surface area contributed by atoms with Gasteiger partial charge in [-0.2, -0.15) is 0 Å². The zero-order chi connectivity index (χ0) is 15.1. The van der Waals surface area contributed by atoms with E-state index in [1.807, 2.05) is 0 Å². The van der Waals surface area contributed by atoms with Gasteiger partial charge in [0.25, 0.3) is 0.564 Å². The minimum Gasteiger partial charge on any atom is -0.0909 e. The minimum atomic E-state index is -0.850. The molecule has 0 N–H and O–H groups in total. The SMILES string of the molecule is CCCCCCCCCCCCCCCC[Si](I)(I)I. The van der Waals surface area contributed by atoms with Crippen LogP contribution < -0.4 is 0 Å². The van der Waals surface area contributed by atoms with E-state index >= 15 is 0 Å². The lowest BCUT2D eigenvalue weighted by atomic mass is 10.0. The molecule has 122 valence electrons. The summed E-state index contributed by atoms with van der Waals surface area (Å²) >= 11 is 8.06. The summed E-state index contributed by atoms with van der Waals surface area (Å²) in [6, 6.07) is 1.49. The molecule has 0 amide bonds. The zero-order valence-electron chi connectivity index (χ0n) is 13.2. The second-order valence-corrected chi connectivity index (χ2v) is 42.8. The Morgan fingerprint density at radius 2 is 0.800 bits per heavy atom. The van der Waals surface area contributed by atoms with E-state index in [0.29, 0.717) is 0 Å². The molecule has 0 fully saturated rings. The maximum atomic E-state index is 2.69. The minimum absolute atomic E-state index is 0.850. The molecular weight excluding hydrogens is 601 g/mol. The van der Waals surface area contributed by atoms with Crippen LogP contribution in [0.4, 0.5) is 0 Å². The van der Waals surface area contributed by atoms with Gasteiger partial charge in [-0.3, -0.25) is 0 Å². The lowest BCUT2D eigenvalue weighted by molar-refractivity contribution is 0.538. The number of unbranched alkanes of at least 4 members (excludes halogenated alkanes) is 13. The van der Waals surface area contributed by atoms with Gasteiger partial charge >= 0.3 is 0 Å². The zero-order valence-corrected chi connectivity index (χ0v) is 20.7. The van der Waals surface area contributed by atoms with Crippen molar-refractivity contribution in [2.45, 2.75) is 103 Å². The van der Waals surface area contributed by atoms with Crippen molar-refractivity contribution in [2.24, 2.45) is 0 Å². The largest absolute Gasteiger partial charge is 0.253 e. The van der Waals surface area contributed by atoms with Crippen molar-refractivity contribution in [2.75, 3.05) is 0 Å². The fourth-order valence-corrected chi connectivity index (χ4v) is 6.60. The van der Waals surface area contributed by atoms with Crippen molar-refractivity contribution in [1.29, 1.82) is 0 Å². The molecule has 0 aromatic heterocycles. The molecule has 0 saturated carbocycles. The predicted molar refractivity (Wildman–Crippen MR) is 123 cm³/mol. The summed E-state index contributed by atoms with van der Waals surface area (Å²) < 4.78 is -0.850. The molecule has 0 heterocycles. The first kappa shape index (κ1) is 22.4. The van der Waals surface area contributed by atoms with Crippen LogP contribution >= 0.6 is 65.4 Å². The Morgan fingerprint density at radius 1 is 0.500 bits per heavy atom. The average molecular weight is 634 g/mol. The van der Waals surface area contributed by atoms with E-state index < -0.39 is 0.564 Å². The van der Waals surface area contributed by atoms with Gasteiger partial charge in [0, 0.05) is 0 Å². The van der Waals surface area contributed by atoms with Crippen molar-refractivity contribution >= 4 is 66.0 Å². The Kier molecular flexibility index (Phi) is 18.2. The van der Waals surface area contributed by atoms with E-state index in [1.54, 1.807) is 0 Å². The first-order chi connectivity index (χ1) is 9.56. The van der Waals surface area contributed by atoms with Crippen LogP contribution in [0.2, 0.25) is 6.04 Å². The van der Waals surface area contributed by atoms with Crippen LogP contribution in [0.3, 0.4) is 0 Å². The summed E-state index contributed by atoms with van der Waals surface area (Å²) in [5.41, 5.74) is 0. The van der Waals surface area contributed by atoms with Crippen LogP contribution in [-0.2, 0) is 0 Å². The van der Waals surface area contributed by atoms with Crippen molar-refractivity contribution in [3.8, 4) is 0 Å². The molecule has 0 spiro atoms. The van der Waals surface area contributed by atoms with Crippen LogP contribution in [-0.4, -0.2) is 0.564 Å². The van der Waals surface area contributed by atoms with Gasteiger partial charge in [-0.1, -0.05) is 162 Å². The molecule has 0 saturated heterocycles. The third-order valence-corrected chi connectivity index (χ3v) is 9.59. The summed E-state index contributed by atoms with van der Waals surface area (Å²) in [5, 5.41) is 0. The summed E-state index contributed by atoms with van der Waals surface area (Å²) in [5.74, 6) is 0. The standard InChI is InChI=1S/C16H33I3Si/c1-2-3-4-5-6-7-8-9-10-11-12-13-14-15-16-20(17,18)19/h2-16H2,1H3. The molecule has 0 aromatic carbocycles. The molecule has 0 unspecified atom stereocenters. The van der Waals surface area contributed by atoms with Gasteiger partial charge in [0.15, 0.2) is 0 Å². The first-order valence-corrected chi connectivity index (χ1v) is 20.2. The summed E-state index contributed by atoms with van der Waals surface area (Å²) in [6.07, 6.45) is 20.6. The smallest absolute Gasteiger partial charge is 0.0909 e. The van der Waals surface area contributed by atoms with Crippen LogP contribution in [0.15, 0.2) is 0 Å². The van der Waals surface area contributed by atoms with Crippen LogP contribution in [0.5, 0.6) is 0 Å². The molecule has 4 heteroatoms. The Labute approximate surface area is 167 Å². The van der Waals surface area contributed by atoms with Gasteiger partial charge in [0.05, 0.1) is 0 Å². The van der Waals surface area contributed by atoms with E-state index in [-0.39, 0.29) is 0 Å². The van der Waals surface area contributed by atoms with E-state index in [1.165, 1.54) is 95.9 Å². The van der Waals surface area contributed by atoms with Gasteiger partial charge in [-0.05, 0) is 6.04 Å². The normalized spacial score (nSPS) is 12.0. The molecule has 0 aliphatic heterocycles. The topological polar surface area (TPSA) is 0 Å². The Bertz CT molecular complexity index is 193. The molecule has 0 bridgehead atoms. The fraction of sp³-hybridized carbons (Fsp3) is 1.00. The van der Waals surface area contributed by atoms with Crippen LogP contribution in [0, 0.1) is 0 Å². The highest BCUT2D eigenvalue weighted by Gasteiger charge is 2.19. The maximum Gasteiger partial charge on any atom is 0.253 e. The number of hydrogen-bond acceptors (Lipinski definition) is 0. The third-order valence-electron chi connectivity index (χ3n) is 3.81. The van der Waals surface area contributed by atoms with E-state index in [2.05, 4.69) is 72.3 Å². The Balaban J connectivity index is 2.99. The number of hydrogen-bond donors (Lipinski definition) is 0. The molecule has 0 aliphatic carbocycles. The van der Waals surface area contributed by atoms with Crippen molar-refractivity contribution < 1.29 is 0 Å². The summed E-state index contributed by atoms with van der Waals surface area (Å²) in [4.78, 5) is 0. The molecule has 0 aromatic rings. The van der Waals surface area contributed by atoms with Crippen LogP contribution in [0.1, 0.15) is 96.8 Å².